The van der Waals surface area contributed by atoms with Gasteiger partial charge >= 0.3 is 12.1 Å². The largest absolute Gasteiger partial charge is 0.443 e. The molecule has 1 aromatic carbocycles. The standard InChI is InChI=1S/C18H24N4O3/c1-18(2,3)25-17(24)22-12-19-15-13(8-7-9-14(15)22)20-16(23)21-10-5-4-6-11-21/h7-9,12H,4-6,10-11H2,1-3H3,(H,20,23). The summed E-state index contributed by atoms with van der Waals surface area (Å²) in [4.78, 5) is 30.9. The van der Waals surface area contributed by atoms with Crippen molar-refractivity contribution in [3.05, 3.63) is 24.5 Å². The van der Waals surface area contributed by atoms with Gasteiger partial charge in [-0.15, -0.1) is 0 Å². The molecule has 2 aromatic rings. The molecule has 25 heavy (non-hydrogen) atoms. The average Bonchev–Trinajstić information content (AvgIpc) is 2.99. The summed E-state index contributed by atoms with van der Waals surface area (Å²) in [6.07, 6.45) is 4.17. The molecule has 0 spiro atoms. The Bertz CT molecular complexity index is 785. The van der Waals surface area contributed by atoms with Crippen LogP contribution >= 0.6 is 0 Å². The molecular weight excluding hydrogens is 320 g/mol. The minimum atomic E-state index is -0.590. The molecule has 0 atom stereocenters. The predicted molar refractivity (Wildman–Crippen MR) is 95.8 cm³/mol. The van der Waals surface area contributed by atoms with Gasteiger partial charge in [-0.3, -0.25) is 0 Å². The number of benzene rings is 1. The number of nitrogens with one attached hydrogen (secondary N) is 1. The van der Waals surface area contributed by atoms with Gasteiger partial charge in [0, 0.05) is 13.1 Å². The van der Waals surface area contributed by atoms with E-state index in [-0.39, 0.29) is 6.03 Å². The molecule has 0 bridgehead atoms. The smallest absolute Gasteiger partial charge is 0.420 e. The fraction of sp³-hybridized carbons (Fsp3) is 0.500. The minimum Gasteiger partial charge on any atom is -0.443 e. The number of rotatable bonds is 1. The third-order valence-electron chi connectivity index (χ3n) is 4.05. The Kier molecular flexibility index (Phi) is 4.65. The van der Waals surface area contributed by atoms with E-state index in [9.17, 15) is 9.59 Å². The van der Waals surface area contributed by atoms with Crippen LogP contribution in [0.5, 0.6) is 0 Å². The molecular formula is C18H24N4O3. The van der Waals surface area contributed by atoms with Crippen molar-refractivity contribution in [1.82, 2.24) is 14.5 Å². The Morgan fingerprint density at radius 1 is 1.16 bits per heavy atom. The van der Waals surface area contributed by atoms with Gasteiger partial charge < -0.3 is 15.0 Å². The van der Waals surface area contributed by atoms with Crippen LogP contribution in [0.1, 0.15) is 40.0 Å². The molecule has 0 aliphatic carbocycles. The van der Waals surface area contributed by atoms with Crippen molar-refractivity contribution >= 4 is 28.8 Å². The second-order valence-electron chi connectivity index (χ2n) is 7.25. The molecule has 2 heterocycles. The number of ether oxygens (including phenoxy) is 1. The Morgan fingerprint density at radius 2 is 1.88 bits per heavy atom. The molecule has 7 nitrogen and oxygen atoms in total. The van der Waals surface area contributed by atoms with Crippen LogP contribution in [0, 0.1) is 0 Å². The van der Waals surface area contributed by atoms with Crippen molar-refractivity contribution in [2.45, 2.75) is 45.6 Å². The number of piperidine rings is 1. The van der Waals surface area contributed by atoms with Crippen LogP contribution in [0.25, 0.3) is 11.0 Å². The zero-order valence-electron chi connectivity index (χ0n) is 14.9. The quantitative estimate of drug-likeness (QED) is 0.853. The van der Waals surface area contributed by atoms with E-state index in [1.165, 1.54) is 17.3 Å². The van der Waals surface area contributed by atoms with E-state index in [1.807, 2.05) is 25.7 Å². The zero-order chi connectivity index (χ0) is 18.0. The first-order valence-electron chi connectivity index (χ1n) is 8.60. The molecule has 1 aliphatic heterocycles. The highest BCUT2D eigenvalue weighted by molar-refractivity contribution is 6.00. The van der Waals surface area contributed by atoms with Crippen molar-refractivity contribution in [1.29, 1.82) is 0 Å². The molecule has 7 heteroatoms. The van der Waals surface area contributed by atoms with Crippen molar-refractivity contribution < 1.29 is 14.3 Å². The maximum atomic E-state index is 12.4. The number of hydrogen-bond acceptors (Lipinski definition) is 4. The number of imidazole rings is 1. The molecule has 1 saturated heterocycles. The lowest BCUT2D eigenvalue weighted by atomic mass is 10.1. The van der Waals surface area contributed by atoms with E-state index in [0.29, 0.717) is 16.7 Å². The zero-order valence-corrected chi connectivity index (χ0v) is 14.9. The lowest BCUT2D eigenvalue weighted by molar-refractivity contribution is 0.0543. The number of likely N-dealkylation sites (tertiary alicyclic amines) is 1. The summed E-state index contributed by atoms with van der Waals surface area (Å²) >= 11 is 0. The molecule has 134 valence electrons. The number of nitrogens with zero attached hydrogens (tertiary/aromatic N) is 3. The first-order valence-corrected chi connectivity index (χ1v) is 8.60. The van der Waals surface area contributed by atoms with Gasteiger partial charge in [-0.2, -0.15) is 0 Å². The van der Waals surface area contributed by atoms with Gasteiger partial charge in [-0.05, 0) is 52.2 Å². The van der Waals surface area contributed by atoms with Crippen LogP contribution in [0.15, 0.2) is 24.5 Å². The third-order valence-corrected chi connectivity index (χ3v) is 4.05. The SMILES string of the molecule is CC(C)(C)OC(=O)n1cnc2c(NC(=O)N3CCCCC3)cccc21. The molecule has 1 N–H and O–H groups in total. The van der Waals surface area contributed by atoms with Gasteiger partial charge in [0.05, 0.1) is 11.2 Å². The summed E-state index contributed by atoms with van der Waals surface area (Å²) in [5.74, 6) is 0. The Labute approximate surface area is 147 Å². The fourth-order valence-corrected chi connectivity index (χ4v) is 2.89. The highest BCUT2D eigenvalue weighted by Crippen LogP contribution is 2.24. The highest BCUT2D eigenvalue weighted by atomic mass is 16.6. The van der Waals surface area contributed by atoms with E-state index < -0.39 is 11.7 Å². The Balaban J connectivity index is 1.83. The second kappa shape index (κ2) is 6.74. The second-order valence-corrected chi connectivity index (χ2v) is 7.25. The van der Waals surface area contributed by atoms with Crippen LogP contribution in [0.2, 0.25) is 0 Å². The van der Waals surface area contributed by atoms with Crippen LogP contribution < -0.4 is 5.32 Å². The molecule has 0 unspecified atom stereocenters. The topological polar surface area (TPSA) is 76.5 Å². The number of aromatic nitrogens is 2. The maximum Gasteiger partial charge on any atom is 0.420 e. The Hall–Kier alpha value is -2.57. The van der Waals surface area contributed by atoms with Crippen LogP contribution in [0.4, 0.5) is 15.3 Å². The van der Waals surface area contributed by atoms with E-state index in [0.717, 1.165) is 25.9 Å². The third kappa shape index (κ3) is 3.92. The lowest BCUT2D eigenvalue weighted by Crippen LogP contribution is -2.38. The van der Waals surface area contributed by atoms with Crippen molar-refractivity contribution in [3.63, 3.8) is 0 Å². The number of para-hydroxylation sites is 1. The molecule has 0 radical (unpaired) electrons. The normalized spacial score (nSPS) is 15.2. The summed E-state index contributed by atoms with van der Waals surface area (Å²) in [6.45, 7) is 6.99. The Morgan fingerprint density at radius 3 is 2.56 bits per heavy atom. The molecule has 0 saturated carbocycles. The van der Waals surface area contributed by atoms with Gasteiger partial charge in [0.25, 0.3) is 0 Å². The van der Waals surface area contributed by atoms with Gasteiger partial charge in [-0.25, -0.2) is 19.1 Å². The van der Waals surface area contributed by atoms with E-state index in [1.54, 1.807) is 18.2 Å². The fourth-order valence-electron chi connectivity index (χ4n) is 2.89. The van der Waals surface area contributed by atoms with Crippen LogP contribution in [-0.4, -0.2) is 45.3 Å². The van der Waals surface area contributed by atoms with Crippen molar-refractivity contribution in [3.8, 4) is 0 Å². The monoisotopic (exact) mass is 344 g/mol. The van der Waals surface area contributed by atoms with Gasteiger partial charge in [0.1, 0.15) is 17.4 Å². The lowest BCUT2D eigenvalue weighted by Gasteiger charge is -2.26. The number of carbonyl (C=O) groups excluding carboxylic acids is 2. The summed E-state index contributed by atoms with van der Waals surface area (Å²) in [7, 11) is 0. The number of amides is 2. The summed E-state index contributed by atoms with van der Waals surface area (Å²) in [5.41, 5.74) is 1.17. The highest BCUT2D eigenvalue weighted by Gasteiger charge is 2.21. The molecule has 1 aliphatic rings. The molecule has 1 fully saturated rings. The van der Waals surface area contributed by atoms with E-state index in [2.05, 4.69) is 10.3 Å². The average molecular weight is 344 g/mol. The minimum absolute atomic E-state index is 0.126. The molecule has 3 rings (SSSR count). The van der Waals surface area contributed by atoms with Gasteiger partial charge in [0.15, 0.2) is 0 Å². The predicted octanol–water partition coefficient (Wildman–Crippen LogP) is 3.84. The molecule has 2 amide bonds. The number of carbonyl (C=O) groups is 2. The van der Waals surface area contributed by atoms with Gasteiger partial charge in [-0.1, -0.05) is 6.07 Å². The number of anilines is 1. The number of fused-ring (bicyclic) bond motifs is 1. The summed E-state index contributed by atoms with van der Waals surface area (Å²) in [5, 5.41) is 2.91. The number of urea groups is 1. The van der Waals surface area contributed by atoms with Crippen LogP contribution in [-0.2, 0) is 4.74 Å². The van der Waals surface area contributed by atoms with Crippen molar-refractivity contribution in [2.24, 2.45) is 0 Å². The first kappa shape index (κ1) is 17.3. The van der Waals surface area contributed by atoms with E-state index >= 15 is 0 Å². The summed E-state index contributed by atoms with van der Waals surface area (Å²) in [6, 6.07) is 5.23. The van der Waals surface area contributed by atoms with E-state index in [4.69, 9.17) is 4.74 Å². The van der Waals surface area contributed by atoms with Crippen molar-refractivity contribution in [2.75, 3.05) is 18.4 Å². The maximum absolute atomic E-state index is 12.4. The summed E-state index contributed by atoms with van der Waals surface area (Å²) < 4.78 is 6.75. The van der Waals surface area contributed by atoms with Gasteiger partial charge in [0.2, 0.25) is 0 Å². The van der Waals surface area contributed by atoms with Crippen LogP contribution in [0.3, 0.4) is 0 Å². The molecule has 1 aromatic heterocycles. The first-order chi connectivity index (χ1) is 11.8. The number of hydrogen-bond donors (Lipinski definition) is 1.